The van der Waals surface area contributed by atoms with E-state index in [0.29, 0.717) is 6.54 Å². The summed E-state index contributed by atoms with van der Waals surface area (Å²) in [7, 11) is 0. The highest BCUT2D eigenvalue weighted by atomic mass is 19.1. The molecule has 0 amide bonds. The van der Waals surface area contributed by atoms with Gasteiger partial charge in [0, 0.05) is 24.9 Å². The molecule has 0 aliphatic carbocycles. The SMILES string of the molecule is CC1(NCc2cncc(F)c2)CCOC1. The van der Waals surface area contributed by atoms with Crippen LogP contribution in [0.2, 0.25) is 0 Å². The second kappa shape index (κ2) is 4.24. The second-order valence-electron chi connectivity index (χ2n) is 4.23. The van der Waals surface area contributed by atoms with E-state index >= 15 is 0 Å². The maximum atomic E-state index is 12.8. The Morgan fingerprint density at radius 1 is 1.60 bits per heavy atom. The van der Waals surface area contributed by atoms with E-state index in [1.165, 1.54) is 12.3 Å². The van der Waals surface area contributed by atoms with E-state index in [4.69, 9.17) is 4.74 Å². The summed E-state index contributed by atoms with van der Waals surface area (Å²) in [5.74, 6) is -0.290. The molecule has 1 aliphatic rings. The maximum absolute atomic E-state index is 12.8. The van der Waals surface area contributed by atoms with Crippen LogP contribution >= 0.6 is 0 Å². The summed E-state index contributed by atoms with van der Waals surface area (Å²) in [6.07, 6.45) is 3.88. The van der Waals surface area contributed by atoms with Gasteiger partial charge in [0.15, 0.2) is 0 Å². The smallest absolute Gasteiger partial charge is 0.141 e. The lowest BCUT2D eigenvalue weighted by Crippen LogP contribution is -2.42. The van der Waals surface area contributed by atoms with Crippen molar-refractivity contribution in [1.29, 1.82) is 0 Å². The highest BCUT2D eigenvalue weighted by Crippen LogP contribution is 2.18. The van der Waals surface area contributed by atoms with Crippen molar-refractivity contribution in [3.63, 3.8) is 0 Å². The molecule has 1 aromatic rings. The molecule has 0 bridgehead atoms. The Hall–Kier alpha value is -1.00. The molecular weight excluding hydrogens is 195 g/mol. The van der Waals surface area contributed by atoms with Crippen LogP contribution in [0.1, 0.15) is 18.9 Å². The highest BCUT2D eigenvalue weighted by Gasteiger charge is 2.28. The molecular formula is C11H15FN2O. The highest BCUT2D eigenvalue weighted by molar-refractivity contribution is 5.10. The number of nitrogens with one attached hydrogen (secondary N) is 1. The van der Waals surface area contributed by atoms with Crippen LogP contribution < -0.4 is 5.32 Å². The lowest BCUT2D eigenvalue weighted by atomic mass is 10.0. The number of aromatic nitrogens is 1. The summed E-state index contributed by atoms with van der Waals surface area (Å²) < 4.78 is 18.2. The number of pyridine rings is 1. The van der Waals surface area contributed by atoms with Crippen molar-refractivity contribution >= 4 is 0 Å². The van der Waals surface area contributed by atoms with Gasteiger partial charge in [-0.25, -0.2) is 4.39 Å². The zero-order valence-electron chi connectivity index (χ0n) is 8.79. The molecule has 4 heteroatoms. The van der Waals surface area contributed by atoms with Crippen LogP contribution in [0.5, 0.6) is 0 Å². The minimum Gasteiger partial charge on any atom is -0.379 e. The van der Waals surface area contributed by atoms with Crippen LogP contribution in [0.3, 0.4) is 0 Å². The summed E-state index contributed by atoms with van der Waals surface area (Å²) in [5, 5.41) is 3.37. The molecule has 1 fully saturated rings. The van der Waals surface area contributed by atoms with Crippen molar-refractivity contribution in [3.8, 4) is 0 Å². The fourth-order valence-corrected chi connectivity index (χ4v) is 1.67. The van der Waals surface area contributed by atoms with Gasteiger partial charge < -0.3 is 10.1 Å². The summed E-state index contributed by atoms with van der Waals surface area (Å²) in [4.78, 5) is 3.81. The zero-order valence-corrected chi connectivity index (χ0v) is 8.79. The molecule has 1 saturated heterocycles. The van der Waals surface area contributed by atoms with Crippen LogP contribution in [0, 0.1) is 5.82 Å². The molecule has 82 valence electrons. The Morgan fingerprint density at radius 2 is 2.47 bits per heavy atom. The quantitative estimate of drug-likeness (QED) is 0.820. The van der Waals surface area contributed by atoms with Gasteiger partial charge in [0.1, 0.15) is 5.82 Å². The third-order valence-corrected chi connectivity index (χ3v) is 2.70. The van der Waals surface area contributed by atoms with Crippen LogP contribution in [0.15, 0.2) is 18.5 Å². The van der Waals surface area contributed by atoms with Gasteiger partial charge in [-0.1, -0.05) is 0 Å². The maximum Gasteiger partial charge on any atom is 0.141 e. The molecule has 1 aromatic heterocycles. The van der Waals surface area contributed by atoms with Crippen molar-refractivity contribution in [2.45, 2.75) is 25.4 Å². The average molecular weight is 210 g/mol. The van der Waals surface area contributed by atoms with E-state index in [0.717, 1.165) is 25.2 Å². The normalized spacial score (nSPS) is 25.7. The fourth-order valence-electron chi connectivity index (χ4n) is 1.67. The van der Waals surface area contributed by atoms with Gasteiger partial charge >= 0.3 is 0 Å². The van der Waals surface area contributed by atoms with Gasteiger partial charge in [0.05, 0.1) is 12.8 Å². The first-order chi connectivity index (χ1) is 7.18. The molecule has 1 aliphatic heterocycles. The van der Waals surface area contributed by atoms with Crippen LogP contribution in [0.25, 0.3) is 0 Å². The van der Waals surface area contributed by atoms with Crippen LogP contribution in [0.4, 0.5) is 4.39 Å². The zero-order chi connectivity index (χ0) is 10.7. The number of halogens is 1. The summed E-state index contributed by atoms with van der Waals surface area (Å²) in [6.45, 7) is 4.26. The number of hydrogen-bond acceptors (Lipinski definition) is 3. The van der Waals surface area contributed by atoms with Crippen molar-refractivity contribution < 1.29 is 9.13 Å². The molecule has 0 spiro atoms. The predicted molar refractivity (Wildman–Crippen MR) is 54.9 cm³/mol. The van der Waals surface area contributed by atoms with Crippen LogP contribution in [-0.4, -0.2) is 23.7 Å². The van der Waals surface area contributed by atoms with Gasteiger partial charge in [-0.05, 0) is 25.0 Å². The Morgan fingerprint density at radius 3 is 3.13 bits per heavy atom. The molecule has 0 aromatic carbocycles. The molecule has 0 radical (unpaired) electrons. The number of rotatable bonds is 3. The van der Waals surface area contributed by atoms with Crippen molar-refractivity contribution in [2.75, 3.05) is 13.2 Å². The molecule has 15 heavy (non-hydrogen) atoms. The van der Waals surface area contributed by atoms with E-state index < -0.39 is 0 Å². The van der Waals surface area contributed by atoms with Crippen molar-refractivity contribution in [3.05, 3.63) is 29.8 Å². The number of hydrogen-bond donors (Lipinski definition) is 1. The third kappa shape index (κ3) is 2.73. The second-order valence-corrected chi connectivity index (χ2v) is 4.23. The minimum atomic E-state index is -0.290. The molecule has 2 rings (SSSR count). The Kier molecular flexibility index (Phi) is 2.98. The largest absolute Gasteiger partial charge is 0.379 e. The van der Waals surface area contributed by atoms with E-state index in [1.54, 1.807) is 6.20 Å². The van der Waals surface area contributed by atoms with Crippen LogP contribution in [-0.2, 0) is 11.3 Å². The Bertz CT molecular complexity index is 337. The first kappa shape index (κ1) is 10.5. The summed E-state index contributed by atoms with van der Waals surface area (Å²) >= 11 is 0. The molecule has 1 atom stereocenters. The van der Waals surface area contributed by atoms with E-state index in [9.17, 15) is 4.39 Å². The van der Waals surface area contributed by atoms with Gasteiger partial charge in [-0.15, -0.1) is 0 Å². The van der Waals surface area contributed by atoms with E-state index in [2.05, 4.69) is 17.2 Å². The average Bonchev–Trinajstić information content (AvgIpc) is 2.63. The molecule has 1 N–H and O–H groups in total. The fraction of sp³-hybridized carbons (Fsp3) is 0.545. The van der Waals surface area contributed by atoms with Gasteiger partial charge in [0.2, 0.25) is 0 Å². The standard InChI is InChI=1S/C11H15FN2O/c1-11(2-3-15-8-11)14-6-9-4-10(12)7-13-5-9/h4-5,7,14H,2-3,6,8H2,1H3. The van der Waals surface area contributed by atoms with Gasteiger partial charge in [-0.2, -0.15) is 0 Å². The van der Waals surface area contributed by atoms with Gasteiger partial charge in [-0.3, -0.25) is 4.98 Å². The predicted octanol–water partition coefficient (Wildman–Crippen LogP) is 1.49. The number of ether oxygens (including phenoxy) is 1. The van der Waals surface area contributed by atoms with E-state index in [-0.39, 0.29) is 11.4 Å². The Labute approximate surface area is 88.7 Å². The Balaban J connectivity index is 1.92. The lowest BCUT2D eigenvalue weighted by Gasteiger charge is -2.23. The van der Waals surface area contributed by atoms with Crippen molar-refractivity contribution in [2.24, 2.45) is 0 Å². The third-order valence-electron chi connectivity index (χ3n) is 2.70. The lowest BCUT2D eigenvalue weighted by molar-refractivity contribution is 0.171. The summed E-state index contributed by atoms with van der Waals surface area (Å²) in [5.41, 5.74) is 0.884. The molecule has 2 heterocycles. The molecule has 1 unspecified atom stereocenters. The van der Waals surface area contributed by atoms with E-state index in [1.807, 2.05) is 0 Å². The molecule has 3 nitrogen and oxygen atoms in total. The summed E-state index contributed by atoms with van der Waals surface area (Å²) in [6, 6.07) is 1.50. The number of nitrogens with zero attached hydrogens (tertiary/aromatic N) is 1. The minimum absolute atomic E-state index is 0.0202. The van der Waals surface area contributed by atoms with Crippen molar-refractivity contribution in [1.82, 2.24) is 10.3 Å². The first-order valence-corrected chi connectivity index (χ1v) is 5.10. The first-order valence-electron chi connectivity index (χ1n) is 5.10. The topological polar surface area (TPSA) is 34.2 Å². The van der Waals surface area contributed by atoms with Gasteiger partial charge in [0.25, 0.3) is 0 Å². The molecule has 0 saturated carbocycles. The monoisotopic (exact) mass is 210 g/mol.